The van der Waals surface area contributed by atoms with E-state index in [2.05, 4.69) is 31.7 Å². The number of likely N-dealkylation sites (tertiary alicyclic amines) is 1. The summed E-state index contributed by atoms with van der Waals surface area (Å²) in [5, 5.41) is 3.15. The highest BCUT2D eigenvalue weighted by atomic mass is 16.2. The van der Waals surface area contributed by atoms with Crippen molar-refractivity contribution in [3.8, 4) is 0 Å². The van der Waals surface area contributed by atoms with Crippen molar-refractivity contribution in [1.29, 1.82) is 0 Å². The van der Waals surface area contributed by atoms with Gasteiger partial charge in [0.05, 0.1) is 5.92 Å². The number of aromatic nitrogens is 2. The highest BCUT2D eigenvalue weighted by Crippen LogP contribution is 2.23. The molecule has 0 spiro atoms. The molecule has 2 aromatic heterocycles. The third-order valence-electron chi connectivity index (χ3n) is 4.70. The highest BCUT2D eigenvalue weighted by Gasteiger charge is 2.30. The molecule has 0 bridgehead atoms. The Labute approximate surface area is 130 Å². The number of nitrogens with zero attached hydrogens (tertiary/aromatic N) is 3. The van der Waals surface area contributed by atoms with Crippen LogP contribution in [0.5, 0.6) is 0 Å². The first kappa shape index (κ1) is 13.8. The Hall–Kier alpha value is -1.88. The molecular formula is C17H22N4O. The van der Waals surface area contributed by atoms with Gasteiger partial charge in [0.15, 0.2) is 0 Å². The summed E-state index contributed by atoms with van der Waals surface area (Å²) in [6.45, 7) is 2.81. The Morgan fingerprint density at radius 2 is 2.23 bits per heavy atom. The summed E-state index contributed by atoms with van der Waals surface area (Å²) >= 11 is 0. The molecule has 1 saturated carbocycles. The number of rotatable bonds is 4. The second-order valence-corrected chi connectivity index (χ2v) is 6.53. The van der Waals surface area contributed by atoms with Crippen LogP contribution in [0.15, 0.2) is 30.6 Å². The summed E-state index contributed by atoms with van der Waals surface area (Å²) in [5.74, 6) is 0.407. The minimum absolute atomic E-state index is 0.149. The van der Waals surface area contributed by atoms with E-state index in [-0.39, 0.29) is 11.8 Å². The molecule has 1 saturated heterocycles. The topological polar surface area (TPSA) is 49.6 Å². The zero-order valence-electron chi connectivity index (χ0n) is 12.7. The van der Waals surface area contributed by atoms with Crippen LogP contribution in [-0.2, 0) is 11.3 Å². The van der Waals surface area contributed by atoms with Gasteiger partial charge in [-0.2, -0.15) is 0 Å². The lowest BCUT2D eigenvalue weighted by Crippen LogP contribution is -2.43. The van der Waals surface area contributed by atoms with Gasteiger partial charge >= 0.3 is 0 Å². The van der Waals surface area contributed by atoms with Crippen LogP contribution < -0.4 is 5.32 Å². The quantitative estimate of drug-likeness (QED) is 0.937. The molecule has 4 rings (SSSR count). The van der Waals surface area contributed by atoms with Crippen molar-refractivity contribution in [2.75, 3.05) is 13.1 Å². The maximum absolute atomic E-state index is 12.3. The van der Waals surface area contributed by atoms with E-state index in [1.165, 1.54) is 5.69 Å². The maximum atomic E-state index is 12.3. The molecule has 5 heteroatoms. The average molecular weight is 298 g/mol. The molecule has 22 heavy (non-hydrogen) atoms. The van der Waals surface area contributed by atoms with Crippen LogP contribution in [-0.4, -0.2) is 39.3 Å². The second kappa shape index (κ2) is 5.72. The molecule has 0 aromatic carbocycles. The van der Waals surface area contributed by atoms with Gasteiger partial charge in [-0.05, 0) is 44.4 Å². The van der Waals surface area contributed by atoms with E-state index in [0.29, 0.717) is 6.04 Å². The van der Waals surface area contributed by atoms with Gasteiger partial charge < -0.3 is 9.72 Å². The van der Waals surface area contributed by atoms with E-state index in [0.717, 1.165) is 51.0 Å². The summed E-state index contributed by atoms with van der Waals surface area (Å²) in [4.78, 5) is 19.0. The van der Waals surface area contributed by atoms with E-state index in [1.807, 2.05) is 18.5 Å². The third-order valence-corrected chi connectivity index (χ3v) is 4.70. The molecular weight excluding hydrogens is 276 g/mol. The van der Waals surface area contributed by atoms with Gasteiger partial charge in [0.1, 0.15) is 5.65 Å². The number of hydrogen-bond acceptors (Lipinski definition) is 3. The molecule has 1 unspecified atom stereocenters. The number of carbonyl (C=O) groups excluding carboxylic acids is 1. The second-order valence-electron chi connectivity index (χ2n) is 6.53. The van der Waals surface area contributed by atoms with E-state index in [1.54, 1.807) is 0 Å². The van der Waals surface area contributed by atoms with Gasteiger partial charge in [-0.3, -0.25) is 9.69 Å². The van der Waals surface area contributed by atoms with Gasteiger partial charge in [-0.15, -0.1) is 0 Å². The Bertz CT molecular complexity index is 676. The monoisotopic (exact) mass is 298 g/mol. The van der Waals surface area contributed by atoms with Crippen LogP contribution in [0.25, 0.3) is 5.65 Å². The molecule has 1 aliphatic carbocycles. The zero-order valence-corrected chi connectivity index (χ0v) is 12.7. The predicted molar refractivity (Wildman–Crippen MR) is 84.4 cm³/mol. The first-order chi connectivity index (χ1) is 10.8. The van der Waals surface area contributed by atoms with E-state index in [9.17, 15) is 4.79 Å². The highest BCUT2D eigenvalue weighted by molar-refractivity contribution is 5.79. The molecule has 1 N–H and O–H groups in total. The normalized spacial score (nSPS) is 22.8. The lowest BCUT2D eigenvalue weighted by molar-refractivity contribution is -0.126. The number of carbonyl (C=O) groups is 1. The van der Waals surface area contributed by atoms with Crippen molar-refractivity contribution >= 4 is 11.6 Å². The van der Waals surface area contributed by atoms with Crippen LogP contribution >= 0.6 is 0 Å². The van der Waals surface area contributed by atoms with Crippen molar-refractivity contribution in [3.63, 3.8) is 0 Å². The summed E-state index contributed by atoms with van der Waals surface area (Å²) in [6, 6.07) is 6.68. The molecule has 2 fully saturated rings. The van der Waals surface area contributed by atoms with Crippen molar-refractivity contribution < 1.29 is 4.79 Å². The Kier molecular flexibility index (Phi) is 3.58. The lowest BCUT2D eigenvalue weighted by atomic mass is 9.97. The standard InChI is InChI=1S/C17H22N4O/c22-17(19-14-6-7-14)13-3-2-9-20(11-13)12-15-4-1-5-16-18-8-10-21(15)16/h1,4-5,8,10,13-14H,2-3,6-7,9,11-12H2,(H,19,22). The summed E-state index contributed by atoms with van der Waals surface area (Å²) in [5.41, 5.74) is 2.22. The number of imidazole rings is 1. The molecule has 116 valence electrons. The Balaban J connectivity index is 1.43. The number of pyridine rings is 1. The van der Waals surface area contributed by atoms with Crippen molar-refractivity contribution in [2.45, 2.75) is 38.3 Å². The van der Waals surface area contributed by atoms with Crippen LogP contribution in [0.4, 0.5) is 0 Å². The molecule has 2 aliphatic rings. The maximum Gasteiger partial charge on any atom is 0.224 e. The summed E-state index contributed by atoms with van der Waals surface area (Å²) in [6.07, 6.45) is 8.27. The first-order valence-corrected chi connectivity index (χ1v) is 8.23. The minimum atomic E-state index is 0.149. The molecule has 1 atom stereocenters. The summed E-state index contributed by atoms with van der Waals surface area (Å²) < 4.78 is 2.13. The van der Waals surface area contributed by atoms with Crippen molar-refractivity contribution in [3.05, 3.63) is 36.3 Å². The van der Waals surface area contributed by atoms with Crippen LogP contribution in [0.3, 0.4) is 0 Å². The fraction of sp³-hybridized carbons (Fsp3) is 0.529. The molecule has 5 nitrogen and oxygen atoms in total. The van der Waals surface area contributed by atoms with Gasteiger partial charge in [-0.1, -0.05) is 6.07 Å². The van der Waals surface area contributed by atoms with E-state index < -0.39 is 0 Å². The minimum Gasteiger partial charge on any atom is -0.353 e. The first-order valence-electron chi connectivity index (χ1n) is 8.23. The smallest absolute Gasteiger partial charge is 0.224 e. The number of hydrogen-bond donors (Lipinski definition) is 1. The van der Waals surface area contributed by atoms with E-state index >= 15 is 0 Å². The fourth-order valence-corrected chi connectivity index (χ4v) is 3.32. The lowest BCUT2D eigenvalue weighted by Gasteiger charge is -2.32. The molecule has 2 aromatic rings. The van der Waals surface area contributed by atoms with Gasteiger partial charge in [-0.25, -0.2) is 4.98 Å². The van der Waals surface area contributed by atoms with Crippen LogP contribution in [0.1, 0.15) is 31.4 Å². The van der Waals surface area contributed by atoms with Gasteiger partial charge in [0.25, 0.3) is 0 Å². The van der Waals surface area contributed by atoms with Gasteiger partial charge in [0.2, 0.25) is 5.91 Å². The third kappa shape index (κ3) is 2.86. The zero-order chi connectivity index (χ0) is 14.9. The number of fused-ring (bicyclic) bond motifs is 1. The predicted octanol–water partition coefficient (Wildman–Crippen LogP) is 1.82. The molecule has 1 amide bonds. The molecule has 1 aliphatic heterocycles. The fourth-order valence-electron chi connectivity index (χ4n) is 3.32. The average Bonchev–Trinajstić information content (AvgIpc) is 3.21. The summed E-state index contributed by atoms with van der Waals surface area (Å²) in [7, 11) is 0. The SMILES string of the molecule is O=C(NC1CC1)C1CCCN(Cc2cccc3nccn23)C1. The van der Waals surface area contributed by atoms with Crippen molar-refractivity contribution in [2.24, 2.45) is 5.92 Å². The Morgan fingerprint density at radius 3 is 3.09 bits per heavy atom. The van der Waals surface area contributed by atoms with Crippen molar-refractivity contribution in [1.82, 2.24) is 19.6 Å². The van der Waals surface area contributed by atoms with E-state index in [4.69, 9.17) is 0 Å². The number of amides is 1. The number of piperidine rings is 1. The van der Waals surface area contributed by atoms with Crippen LogP contribution in [0.2, 0.25) is 0 Å². The Morgan fingerprint density at radius 1 is 1.32 bits per heavy atom. The molecule has 3 heterocycles. The largest absolute Gasteiger partial charge is 0.353 e. The van der Waals surface area contributed by atoms with Crippen LogP contribution in [0, 0.1) is 5.92 Å². The van der Waals surface area contributed by atoms with Gasteiger partial charge in [0, 0.05) is 37.2 Å². The molecule has 0 radical (unpaired) electrons. The number of nitrogens with one attached hydrogen (secondary N) is 1.